The van der Waals surface area contributed by atoms with Gasteiger partial charge in [-0.1, -0.05) is 22.0 Å². The van der Waals surface area contributed by atoms with Gasteiger partial charge >= 0.3 is 5.97 Å². The van der Waals surface area contributed by atoms with Crippen LogP contribution < -0.4 is 5.32 Å². The molecular formula is C13H14BrNO4. The third-order valence-corrected chi connectivity index (χ3v) is 3.14. The minimum atomic E-state index is -0.515. The number of amides is 1. The van der Waals surface area contributed by atoms with Crippen LogP contribution in [0.3, 0.4) is 0 Å². The standard InChI is InChI=1S/C13H14BrNO4/c14-9-3-1-4-10(7-9)15-12(16)8-19-13(17)11-5-2-6-18-11/h1,3-4,7,11H,2,5-6,8H2,(H,15,16)/t11-/m1/s1. The van der Waals surface area contributed by atoms with Crippen LogP contribution in [-0.4, -0.2) is 31.2 Å². The first kappa shape index (κ1) is 14.0. The van der Waals surface area contributed by atoms with Gasteiger partial charge in [0, 0.05) is 16.8 Å². The van der Waals surface area contributed by atoms with Gasteiger partial charge in [-0.25, -0.2) is 4.79 Å². The largest absolute Gasteiger partial charge is 0.454 e. The van der Waals surface area contributed by atoms with E-state index in [4.69, 9.17) is 9.47 Å². The smallest absolute Gasteiger partial charge is 0.335 e. The fourth-order valence-electron chi connectivity index (χ4n) is 1.76. The Bertz CT molecular complexity index is 471. The lowest BCUT2D eigenvalue weighted by molar-refractivity contribution is -0.156. The second kappa shape index (κ2) is 6.68. The van der Waals surface area contributed by atoms with Gasteiger partial charge < -0.3 is 14.8 Å². The van der Waals surface area contributed by atoms with E-state index in [1.165, 1.54) is 0 Å². The summed E-state index contributed by atoms with van der Waals surface area (Å²) in [6, 6.07) is 7.18. The normalized spacial score (nSPS) is 18.1. The molecule has 0 bridgehead atoms. The number of carbonyl (C=O) groups excluding carboxylic acids is 2. The molecule has 0 aromatic heterocycles. The maximum absolute atomic E-state index is 11.6. The van der Waals surface area contributed by atoms with Crippen LogP contribution in [0.4, 0.5) is 5.69 Å². The maximum atomic E-state index is 11.6. The quantitative estimate of drug-likeness (QED) is 0.860. The predicted molar refractivity (Wildman–Crippen MR) is 72.7 cm³/mol. The van der Waals surface area contributed by atoms with Crippen LogP contribution in [0.1, 0.15) is 12.8 Å². The molecule has 5 nitrogen and oxygen atoms in total. The Hall–Kier alpha value is -1.40. The minimum absolute atomic E-state index is 0.300. The number of ether oxygens (including phenoxy) is 2. The molecule has 0 aliphatic carbocycles. The Morgan fingerprint density at radius 3 is 3.00 bits per heavy atom. The van der Waals surface area contributed by atoms with Gasteiger partial charge in [0.15, 0.2) is 12.7 Å². The van der Waals surface area contributed by atoms with Crippen molar-refractivity contribution in [1.29, 1.82) is 0 Å². The van der Waals surface area contributed by atoms with Crippen molar-refractivity contribution in [2.75, 3.05) is 18.5 Å². The summed E-state index contributed by atoms with van der Waals surface area (Å²) in [5, 5.41) is 2.64. The summed E-state index contributed by atoms with van der Waals surface area (Å²) in [5.41, 5.74) is 0.646. The van der Waals surface area contributed by atoms with Crippen LogP contribution in [0.2, 0.25) is 0 Å². The van der Waals surface area contributed by atoms with Crippen molar-refractivity contribution < 1.29 is 19.1 Å². The molecule has 0 radical (unpaired) electrons. The lowest BCUT2D eigenvalue weighted by Crippen LogP contribution is -2.27. The molecule has 1 heterocycles. The van der Waals surface area contributed by atoms with Crippen molar-refractivity contribution in [2.45, 2.75) is 18.9 Å². The molecular weight excluding hydrogens is 314 g/mol. The SMILES string of the molecule is O=C(COC(=O)[C@H]1CCCO1)Nc1cccc(Br)c1. The van der Waals surface area contributed by atoms with Gasteiger partial charge in [0.1, 0.15) is 0 Å². The summed E-state index contributed by atoms with van der Waals surface area (Å²) in [6.07, 6.45) is 0.995. The van der Waals surface area contributed by atoms with Gasteiger partial charge in [0.25, 0.3) is 5.91 Å². The van der Waals surface area contributed by atoms with Gasteiger partial charge in [-0.2, -0.15) is 0 Å². The van der Waals surface area contributed by atoms with Crippen LogP contribution >= 0.6 is 15.9 Å². The lowest BCUT2D eigenvalue weighted by Gasteiger charge is -2.10. The molecule has 0 unspecified atom stereocenters. The van der Waals surface area contributed by atoms with Gasteiger partial charge in [-0.15, -0.1) is 0 Å². The van der Waals surface area contributed by atoms with E-state index in [1.807, 2.05) is 6.07 Å². The first-order chi connectivity index (χ1) is 9.15. The topological polar surface area (TPSA) is 64.6 Å². The lowest BCUT2D eigenvalue weighted by atomic mass is 10.2. The Labute approximate surface area is 119 Å². The highest BCUT2D eigenvalue weighted by Gasteiger charge is 2.25. The average Bonchev–Trinajstić information content (AvgIpc) is 2.90. The summed E-state index contributed by atoms with van der Waals surface area (Å²) in [5.74, 6) is -0.841. The van der Waals surface area contributed by atoms with Crippen LogP contribution in [0, 0.1) is 0 Å². The van der Waals surface area contributed by atoms with E-state index in [9.17, 15) is 9.59 Å². The summed E-state index contributed by atoms with van der Waals surface area (Å²) >= 11 is 3.31. The van der Waals surface area contributed by atoms with E-state index in [1.54, 1.807) is 18.2 Å². The van der Waals surface area contributed by atoms with E-state index in [-0.39, 0.29) is 12.5 Å². The number of hydrogen-bond donors (Lipinski definition) is 1. The Kier molecular flexibility index (Phi) is 4.93. The molecule has 0 spiro atoms. The molecule has 1 N–H and O–H groups in total. The Morgan fingerprint density at radius 2 is 2.32 bits per heavy atom. The maximum Gasteiger partial charge on any atom is 0.335 e. The average molecular weight is 328 g/mol. The molecule has 1 atom stereocenters. The molecule has 19 heavy (non-hydrogen) atoms. The molecule has 2 rings (SSSR count). The van der Waals surface area contributed by atoms with Crippen LogP contribution in [0.25, 0.3) is 0 Å². The van der Waals surface area contributed by atoms with E-state index in [0.29, 0.717) is 18.7 Å². The number of hydrogen-bond acceptors (Lipinski definition) is 4. The molecule has 1 amide bonds. The first-order valence-electron chi connectivity index (χ1n) is 5.99. The third kappa shape index (κ3) is 4.33. The molecule has 1 fully saturated rings. The van der Waals surface area contributed by atoms with Crippen molar-refractivity contribution in [2.24, 2.45) is 0 Å². The van der Waals surface area contributed by atoms with Gasteiger partial charge in [-0.3, -0.25) is 4.79 Å². The Morgan fingerprint density at radius 1 is 1.47 bits per heavy atom. The number of nitrogens with one attached hydrogen (secondary N) is 1. The van der Waals surface area contributed by atoms with Crippen molar-refractivity contribution in [3.63, 3.8) is 0 Å². The number of halogens is 1. The fraction of sp³-hybridized carbons (Fsp3) is 0.385. The number of benzene rings is 1. The molecule has 1 aromatic rings. The van der Waals surface area contributed by atoms with Crippen molar-refractivity contribution in [3.05, 3.63) is 28.7 Å². The van der Waals surface area contributed by atoms with Crippen molar-refractivity contribution in [3.8, 4) is 0 Å². The highest BCUT2D eigenvalue weighted by molar-refractivity contribution is 9.10. The second-order valence-corrected chi connectivity index (χ2v) is 5.08. The number of carbonyl (C=O) groups is 2. The molecule has 1 aromatic carbocycles. The first-order valence-corrected chi connectivity index (χ1v) is 6.78. The van der Waals surface area contributed by atoms with Crippen LogP contribution in [-0.2, 0) is 19.1 Å². The molecule has 0 saturated carbocycles. The zero-order chi connectivity index (χ0) is 13.7. The fourth-order valence-corrected chi connectivity index (χ4v) is 2.16. The molecule has 102 valence electrons. The highest BCUT2D eigenvalue weighted by atomic mass is 79.9. The number of esters is 1. The zero-order valence-corrected chi connectivity index (χ0v) is 11.8. The summed E-state index contributed by atoms with van der Waals surface area (Å²) in [6.45, 7) is 0.273. The minimum Gasteiger partial charge on any atom is -0.454 e. The molecule has 1 saturated heterocycles. The van der Waals surface area contributed by atoms with Gasteiger partial charge in [0.2, 0.25) is 0 Å². The monoisotopic (exact) mass is 327 g/mol. The number of anilines is 1. The van der Waals surface area contributed by atoms with E-state index < -0.39 is 12.1 Å². The predicted octanol–water partition coefficient (Wildman–Crippen LogP) is 2.11. The highest BCUT2D eigenvalue weighted by Crippen LogP contribution is 2.16. The van der Waals surface area contributed by atoms with E-state index >= 15 is 0 Å². The van der Waals surface area contributed by atoms with Gasteiger partial charge in [-0.05, 0) is 31.0 Å². The zero-order valence-electron chi connectivity index (χ0n) is 10.2. The van der Waals surface area contributed by atoms with Crippen molar-refractivity contribution >= 4 is 33.5 Å². The summed E-state index contributed by atoms with van der Waals surface area (Å²) in [4.78, 5) is 23.1. The molecule has 1 aliphatic heterocycles. The summed E-state index contributed by atoms with van der Waals surface area (Å²) < 4.78 is 10.9. The van der Waals surface area contributed by atoms with Crippen LogP contribution in [0.15, 0.2) is 28.7 Å². The Balaban J connectivity index is 1.76. The van der Waals surface area contributed by atoms with E-state index in [2.05, 4.69) is 21.2 Å². The van der Waals surface area contributed by atoms with Crippen LogP contribution in [0.5, 0.6) is 0 Å². The number of rotatable bonds is 4. The summed E-state index contributed by atoms with van der Waals surface area (Å²) in [7, 11) is 0. The van der Waals surface area contributed by atoms with Crippen molar-refractivity contribution in [1.82, 2.24) is 0 Å². The second-order valence-electron chi connectivity index (χ2n) is 4.17. The van der Waals surface area contributed by atoms with E-state index in [0.717, 1.165) is 10.9 Å². The molecule has 1 aliphatic rings. The third-order valence-electron chi connectivity index (χ3n) is 2.65. The molecule has 6 heteroatoms. The van der Waals surface area contributed by atoms with Gasteiger partial charge in [0.05, 0.1) is 0 Å².